The van der Waals surface area contributed by atoms with E-state index >= 15 is 0 Å². The first-order valence-electron chi connectivity index (χ1n) is 5.11. The standard InChI is InChI=1S/C13H10O2/c14-11-7-9-5-1-3-8-4-2-6-10(12(8)9)13(11)15/h1-6,9,12H,7H2. The molecule has 0 aromatic carbocycles. The molecule has 2 heteroatoms. The van der Waals surface area contributed by atoms with Gasteiger partial charge in [-0.3, -0.25) is 9.59 Å². The Bertz CT molecular complexity index is 475. The van der Waals surface area contributed by atoms with E-state index in [0.717, 1.165) is 5.57 Å². The van der Waals surface area contributed by atoms with Gasteiger partial charge in [-0.1, -0.05) is 36.5 Å². The SMILES string of the molecule is O=C1CC2C=CC=C3C=CC=C(C1=O)C32. The third-order valence-corrected chi connectivity index (χ3v) is 3.27. The molecular formula is C13H10O2. The first-order valence-corrected chi connectivity index (χ1v) is 5.11. The average molecular weight is 198 g/mol. The van der Waals surface area contributed by atoms with E-state index in [2.05, 4.69) is 0 Å². The molecule has 2 unspecified atom stereocenters. The zero-order valence-electron chi connectivity index (χ0n) is 8.14. The fourth-order valence-corrected chi connectivity index (χ4v) is 2.58. The highest BCUT2D eigenvalue weighted by atomic mass is 16.2. The number of hydrogen-bond donors (Lipinski definition) is 0. The van der Waals surface area contributed by atoms with Gasteiger partial charge >= 0.3 is 0 Å². The summed E-state index contributed by atoms with van der Waals surface area (Å²) in [6.45, 7) is 0. The van der Waals surface area contributed by atoms with Crippen LogP contribution in [0.15, 0.2) is 47.6 Å². The average Bonchev–Trinajstić information content (AvgIpc) is 2.26. The van der Waals surface area contributed by atoms with E-state index in [1.54, 1.807) is 6.08 Å². The van der Waals surface area contributed by atoms with Crippen LogP contribution in [0.4, 0.5) is 0 Å². The van der Waals surface area contributed by atoms with Crippen LogP contribution >= 0.6 is 0 Å². The minimum Gasteiger partial charge on any atom is -0.290 e. The number of rotatable bonds is 0. The second kappa shape index (κ2) is 2.89. The molecule has 0 radical (unpaired) electrons. The number of ketones is 2. The zero-order chi connectivity index (χ0) is 10.4. The van der Waals surface area contributed by atoms with Crippen LogP contribution in [0.25, 0.3) is 0 Å². The molecule has 3 aliphatic carbocycles. The van der Waals surface area contributed by atoms with Crippen LogP contribution in [0, 0.1) is 11.8 Å². The van der Waals surface area contributed by atoms with Crippen LogP contribution in [0.5, 0.6) is 0 Å². The van der Waals surface area contributed by atoms with Gasteiger partial charge in [0.1, 0.15) is 0 Å². The maximum Gasteiger partial charge on any atom is 0.225 e. The second-order valence-corrected chi connectivity index (χ2v) is 4.13. The van der Waals surface area contributed by atoms with Crippen LogP contribution < -0.4 is 0 Å². The third kappa shape index (κ3) is 1.11. The molecule has 2 atom stereocenters. The lowest BCUT2D eigenvalue weighted by molar-refractivity contribution is -0.136. The van der Waals surface area contributed by atoms with E-state index < -0.39 is 0 Å². The van der Waals surface area contributed by atoms with Gasteiger partial charge < -0.3 is 0 Å². The molecule has 2 nitrogen and oxygen atoms in total. The summed E-state index contributed by atoms with van der Waals surface area (Å²) in [7, 11) is 0. The molecule has 3 aliphatic rings. The molecular weight excluding hydrogens is 188 g/mol. The van der Waals surface area contributed by atoms with Crippen molar-refractivity contribution in [2.24, 2.45) is 11.8 Å². The summed E-state index contributed by atoms with van der Waals surface area (Å²) in [5.74, 6) is -0.220. The summed E-state index contributed by atoms with van der Waals surface area (Å²) in [6.07, 6.45) is 12.1. The van der Waals surface area contributed by atoms with E-state index in [0.29, 0.717) is 12.0 Å². The minimum absolute atomic E-state index is 0.130. The highest BCUT2D eigenvalue weighted by molar-refractivity contribution is 6.44. The van der Waals surface area contributed by atoms with Gasteiger partial charge in [0.05, 0.1) is 0 Å². The van der Waals surface area contributed by atoms with E-state index in [1.807, 2.05) is 30.4 Å². The Balaban J connectivity index is 2.15. The molecule has 0 heterocycles. The molecule has 0 bridgehead atoms. The summed E-state index contributed by atoms with van der Waals surface area (Å²) in [5.41, 5.74) is 1.83. The number of hydrogen-bond acceptors (Lipinski definition) is 2. The first kappa shape index (κ1) is 8.60. The van der Waals surface area contributed by atoms with E-state index in [1.165, 1.54) is 0 Å². The van der Waals surface area contributed by atoms with Crippen molar-refractivity contribution in [2.75, 3.05) is 0 Å². The van der Waals surface area contributed by atoms with Crippen molar-refractivity contribution in [3.63, 3.8) is 0 Å². The summed E-state index contributed by atoms with van der Waals surface area (Å²) in [6, 6.07) is 0. The summed E-state index contributed by atoms with van der Waals surface area (Å²) in [4.78, 5) is 23.2. The molecule has 0 saturated heterocycles. The maximum atomic E-state index is 11.7. The first-order chi connectivity index (χ1) is 7.27. The lowest BCUT2D eigenvalue weighted by Gasteiger charge is -2.34. The molecule has 1 saturated carbocycles. The smallest absolute Gasteiger partial charge is 0.225 e. The van der Waals surface area contributed by atoms with Crippen molar-refractivity contribution in [2.45, 2.75) is 6.42 Å². The number of Topliss-reactive ketones (excluding diaryl/α,β-unsaturated/α-hetero) is 2. The summed E-state index contributed by atoms with van der Waals surface area (Å²) in [5, 5.41) is 0. The Morgan fingerprint density at radius 2 is 2.00 bits per heavy atom. The molecule has 0 spiro atoms. The van der Waals surface area contributed by atoms with Crippen LogP contribution in [0.3, 0.4) is 0 Å². The highest BCUT2D eigenvalue weighted by Crippen LogP contribution is 2.41. The summed E-state index contributed by atoms with van der Waals surface area (Å²) >= 11 is 0. The van der Waals surface area contributed by atoms with Gasteiger partial charge in [0.15, 0.2) is 0 Å². The number of allylic oxidation sites excluding steroid dienone is 8. The number of carbonyl (C=O) groups is 2. The van der Waals surface area contributed by atoms with Gasteiger partial charge in [-0.25, -0.2) is 0 Å². The van der Waals surface area contributed by atoms with Gasteiger partial charge in [0, 0.05) is 17.9 Å². The van der Waals surface area contributed by atoms with Crippen molar-refractivity contribution in [1.29, 1.82) is 0 Å². The predicted octanol–water partition coefficient (Wildman–Crippen LogP) is 1.75. The van der Waals surface area contributed by atoms with Crippen molar-refractivity contribution >= 4 is 11.6 Å². The van der Waals surface area contributed by atoms with Crippen LogP contribution in [0.2, 0.25) is 0 Å². The highest BCUT2D eigenvalue weighted by Gasteiger charge is 2.40. The molecule has 15 heavy (non-hydrogen) atoms. The van der Waals surface area contributed by atoms with Gasteiger partial charge in [-0.05, 0) is 11.5 Å². The molecule has 74 valence electrons. The van der Waals surface area contributed by atoms with Crippen molar-refractivity contribution in [3.8, 4) is 0 Å². The third-order valence-electron chi connectivity index (χ3n) is 3.27. The Morgan fingerprint density at radius 3 is 2.87 bits per heavy atom. The van der Waals surface area contributed by atoms with Gasteiger partial charge in [0.2, 0.25) is 11.6 Å². The van der Waals surface area contributed by atoms with Crippen molar-refractivity contribution < 1.29 is 9.59 Å². The van der Waals surface area contributed by atoms with E-state index in [-0.39, 0.29) is 23.4 Å². The number of carbonyl (C=O) groups excluding carboxylic acids is 2. The van der Waals surface area contributed by atoms with E-state index in [9.17, 15) is 9.59 Å². The van der Waals surface area contributed by atoms with Gasteiger partial charge in [-0.2, -0.15) is 0 Å². The molecule has 1 fully saturated rings. The van der Waals surface area contributed by atoms with Crippen LogP contribution in [-0.2, 0) is 9.59 Å². The Morgan fingerprint density at radius 1 is 1.13 bits per heavy atom. The minimum atomic E-state index is -0.290. The molecule has 0 aromatic heterocycles. The fraction of sp³-hybridized carbons (Fsp3) is 0.231. The molecule has 0 aliphatic heterocycles. The van der Waals surface area contributed by atoms with E-state index in [4.69, 9.17) is 0 Å². The molecule has 3 rings (SSSR count). The molecule has 0 amide bonds. The van der Waals surface area contributed by atoms with Gasteiger partial charge in [0.25, 0.3) is 0 Å². The van der Waals surface area contributed by atoms with Crippen molar-refractivity contribution in [3.05, 3.63) is 47.6 Å². The lowest BCUT2D eigenvalue weighted by atomic mass is 9.67. The van der Waals surface area contributed by atoms with Crippen LogP contribution in [-0.4, -0.2) is 11.6 Å². The maximum absolute atomic E-state index is 11.7. The predicted molar refractivity (Wildman–Crippen MR) is 56.1 cm³/mol. The van der Waals surface area contributed by atoms with Gasteiger partial charge in [-0.15, -0.1) is 0 Å². The molecule has 0 N–H and O–H groups in total. The Labute approximate surface area is 87.7 Å². The summed E-state index contributed by atoms with van der Waals surface area (Å²) < 4.78 is 0. The topological polar surface area (TPSA) is 34.1 Å². The fourth-order valence-electron chi connectivity index (χ4n) is 2.58. The Kier molecular flexibility index (Phi) is 1.66. The normalized spacial score (nSPS) is 32.3. The zero-order valence-corrected chi connectivity index (χ0v) is 8.14. The molecule has 0 aromatic rings. The monoisotopic (exact) mass is 198 g/mol. The van der Waals surface area contributed by atoms with Crippen LogP contribution in [0.1, 0.15) is 6.42 Å². The lowest BCUT2D eigenvalue weighted by Crippen LogP contribution is -2.36. The Hall–Kier alpha value is -1.70. The second-order valence-electron chi connectivity index (χ2n) is 4.13. The largest absolute Gasteiger partial charge is 0.290 e. The quantitative estimate of drug-likeness (QED) is 0.556. The van der Waals surface area contributed by atoms with Crippen molar-refractivity contribution in [1.82, 2.24) is 0 Å².